The van der Waals surface area contributed by atoms with Crippen molar-refractivity contribution in [1.82, 2.24) is 0 Å². The fraction of sp³-hybridized carbons (Fsp3) is 0.133. The van der Waals surface area contributed by atoms with E-state index >= 15 is 0 Å². The second kappa shape index (κ2) is 6.91. The first-order valence-electron chi connectivity index (χ1n) is 6.07. The molecule has 21 heavy (non-hydrogen) atoms. The normalized spacial score (nSPS) is 10.3. The summed E-state index contributed by atoms with van der Waals surface area (Å²) in [5.74, 6) is -0.801. The van der Waals surface area contributed by atoms with Gasteiger partial charge in [-0.1, -0.05) is 17.7 Å². The van der Waals surface area contributed by atoms with Crippen LogP contribution in [0.3, 0.4) is 0 Å². The molecule has 0 fully saturated rings. The molecule has 0 unspecified atom stereocenters. The summed E-state index contributed by atoms with van der Waals surface area (Å²) in [5.41, 5.74) is 1.66. The molecule has 0 amide bonds. The number of esters is 1. The number of methoxy groups -OCH3 is 1. The highest BCUT2D eigenvalue weighted by atomic mass is 79.9. The number of nitrogens with one attached hydrogen (secondary N) is 1. The van der Waals surface area contributed by atoms with Crippen molar-refractivity contribution in [3.05, 3.63) is 62.8 Å². The van der Waals surface area contributed by atoms with Crippen molar-refractivity contribution in [2.45, 2.75) is 6.54 Å². The van der Waals surface area contributed by atoms with Gasteiger partial charge in [-0.2, -0.15) is 0 Å². The summed E-state index contributed by atoms with van der Waals surface area (Å²) in [6, 6.07) is 9.65. The lowest BCUT2D eigenvalue weighted by atomic mass is 10.1. The van der Waals surface area contributed by atoms with Gasteiger partial charge in [0.1, 0.15) is 5.82 Å². The summed E-state index contributed by atoms with van der Waals surface area (Å²) in [4.78, 5) is 11.7. The predicted molar refractivity (Wildman–Crippen MR) is 84.2 cm³/mol. The highest BCUT2D eigenvalue weighted by Crippen LogP contribution is 2.23. The van der Waals surface area contributed by atoms with E-state index < -0.39 is 5.97 Å². The molecular formula is C15H12BrClFNO2. The minimum Gasteiger partial charge on any atom is -0.465 e. The van der Waals surface area contributed by atoms with Gasteiger partial charge >= 0.3 is 5.97 Å². The molecule has 2 aromatic carbocycles. The Labute approximate surface area is 135 Å². The Kier molecular flexibility index (Phi) is 5.20. The SMILES string of the molecule is COC(=O)c1ccc(Cl)cc1NCc1ccc(Br)c(F)c1. The summed E-state index contributed by atoms with van der Waals surface area (Å²) in [7, 11) is 1.31. The third kappa shape index (κ3) is 3.95. The summed E-state index contributed by atoms with van der Waals surface area (Å²) in [5, 5.41) is 3.56. The molecule has 0 bridgehead atoms. The van der Waals surface area contributed by atoms with Crippen molar-refractivity contribution in [3.63, 3.8) is 0 Å². The van der Waals surface area contributed by atoms with E-state index in [9.17, 15) is 9.18 Å². The molecule has 2 rings (SSSR count). The topological polar surface area (TPSA) is 38.3 Å². The first kappa shape index (κ1) is 15.8. The number of rotatable bonds is 4. The molecule has 2 aromatic rings. The van der Waals surface area contributed by atoms with Crippen LogP contribution in [0.4, 0.5) is 10.1 Å². The van der Waals surface area contributed by atoms with Gasteiger partial charge < -0.3 is 10.1 Å². The van der Waals surface area contributed by atoms with Gasteiger partial charge in [0.25, 0.3) is 0 Å². The molecule has 0 atom stereocenters. The molecule has 3 nitrogen and oxygen atoms in total. The average Bonchev–Trinajstić information content (AvgIpc) is 2.48. The molecule has 6 heteroatoms. The Morgan fingerprint density at radius 3 is 2.76 bits per heavy atom. The van der Waals surface area contributed by atoms with Gasteiger partial charge in [-0.15, -0.1) is 0 Å². The zero-order chi connectivity index (χ0) is 15.4. The molecule has 0 heterocycles. The fourth-order valence-corrected chi connectivity index (χ4v) is 2.22. The van der Waals surface area contributed by atoms with E-state index in [2.05, 4.69) is 21.2 Å². The van der Waals surface area contributed by atoms with Crippen LogP contribution < -0.4 is 5.32 Å². The summed E-state index contributed by atoms with van der Waals surface area (Å²) in [6.45, 7) is 0.356. The molecule has 0 aliphatic carbocycles. The molecule has 110 valence electrons. The molecule has 0 aliphatic rings. The molecule has 1 N–H and O–H groups in total. The predicted octanol–water partition coefficient (Wildman–Crippen LogP) is 4.64. The van der Waals surface area contributed by atoms with Crippen LogP contribution in [0.2, 0.25) is 5.02 Å². The van der Waals surface area contributed by atoms with E-state index in [0.717, 1.165) is 5.56 Å². The van der Waals surface area contributed by atoms with Crippen LogP contribution in [-0.4, -0.2) is 13.1 Å². The lowest BCUT2D eigenvalue weighted by Gasteiger charge is -2.11. The fourth-order valence-electron chi connectivity index (χ4n) is 1.80. The maximum Gasteiger partial charge on any atom is 0.339 e. The lowest BCUT2D eigenvalue weighted by molar-refractivity contribution is 0.0602. The van der Waals surface area contributed by atoms with Gasteiger partial charge in [-0.3, -0.25) is 0 Å². The maximum absolute atomic E-state index is 13.5. The zero-order valence-electron chi connectivity index (χ0n) is 11.1. The molecule has 0 saturated carbocycles. The quantitative estimate of drug-likeness (QED) is 0.795. The van der Waals surface area contributed by atoms with E-state index in [1.807, 2.05) is 0 Å². The number of ether oxygens (including phenoxy) is 1. The van der Waals surface area contributed by atoms with Crippen LogP contribution in [0, 0.1) is 5.82 Å². The molecule has 0 radical (unpaired) electrons. The third-order valence-corrected chi connectivity index (χ3v) is 3.73. The highest BCUT2D eigenvalue weighted by molar-refractivity contribution is 9.10. The average molecular weight is 373 g/mol. The molecule has 0 aromatic heterocycles. The minimum atomic E-state index is -0.462. The standard InChI is InChI=1S/C15H12BrClFNO2/c1-21-15(20)11-4-3-10(17)7-14(11)19-8-9-2-5-12(16)13(18)6-9/h2-7,19H,8H2,1H3. The van der Waals surface area contributed by atoms with Crippen LogP contribution in [0.1, 0.15) is 15.9 Å². The number of anilines is 1. The number of hydrogen-bond acceptors (Lipinski definition) is 3. The summed E-state index contributed by atoms with van der Waals surface area (Å²) in [6.07, 6.45) is 0. The van der Waals surface area contributed by atoms with Crippen molar-refractivity contribution in [3.8, 4) is 0 Å². The van der Waals surface area contributed by atoms with E-state index in [-0.39, 0.29) is 5.82 Å². The molecular weight excluding hydrogens is 361 g/mol. The Bertz CT molecular complexity index is 679. The van der Waals surface area contributed by atoms with Gasteiger partial charge in [-0.25, -0.2) is 9.18 Å². The van der Waals surface area contributed by atoms with Gasteiger partial charge in [0.15, 0.2) is 0 Å². The lowest BCUT2D eigenvalue weighted by Crippen LogP contribution is -2.08. The second-order valence-corrected chi connectivity index (χ2v) is 5.57. The van der Waals surface area contributed by atoms with Crippen molar-refractivity contribution >= 4 is 39.2 Å². The van der Waals surface area contributed by atoms with Gasteiger partial charge in [0.2, 0.25) is 0 Å². The van der Waals surface area contributed by atoms with Crippen molar-refractivity contribution < 1.29 is 13.9 Å². The van der Waals surface area contributed by atoms with E-state index in [4.69, 9.17) is 16.3 Å². The highest BCUT2D eigenvalue weighted by Gasteiger charge is 2.12. The van der Waals surface area contributed by atoms with E-state index in [1.165, 1.54) is 13.2 Å². The van der Waals surface area contributed by atoms with Gasteiger partial charge in [0, 0.05) is 11.6 Å². The summed E-state index contributed by atoms with van der Waals surface area (Å²) < 4.78 is 18.6. The van der Waals surface area contributed by atoms with Crippen LogP contribution in [-0.2, 0) is 11.3 Å². The minimum absolute atomic E-state index is 0.339. The number of benzene rings is 2. The second-order valence-electron chi connectivity index (χ2n) is 4.28. The Morgan fingerprint density at radius 1 is 1.33 bits per heavy atom. The van der Waals surface area contributed by atoms with Crippen LogP contribution in [0.5, 0.6) is 0 Å². The van der Waals surface area contributed by atoms with E-state index in [0.29, 0.717) is 27.3 Å². The van der Waals surface area contributed by atoms with Crippen LogP contribution in [0.25, 0.3) is 0 Å². The number of carbonyl (C=O) groups is 1. The molecule has 0 spiro atoms. The number of halogens is 3. The zero-order valence-corrected chi connectivity index (χ0v) is 13.5. The first-order valence-corrected chi connectivity index (χ1v) is 7.24. The monoisotopic (exact) mass is 371 g/mol. The third-order valence-electron chi connectivity index (χ3n) is 2.85. The van der Waals surface area contributed by atoms with Gasteiger partial charge in [0.05, 0.1) is 22.8 Å². The Balaban J connectivity index is 2.20. The van der Waals surface area contributed by atoms with E-state index in [1.54, 1.807) is 30.3 Å². The number of hydrogen-bond donors (Lipinski definition) is 1. The summed E-state index contributed by atoms with van der Waals surface area (Å²) >= 11 is 9.04. The number of carbonyl (C=O) groups excluding carboxylic acids is 1. The smallest absolute Gasteiger partial charge is 0.339 e. The van der Waals surface area contributed by atoms with Crippen LogP contribution in [0.15, 0.2) is 40.9 Å². The Hall–Kier alpha value is -1.59. The molecule has 0 saturated heterocycles. The first-order chi connectivity index (χ1) is 10.0. The van der Waals surface area contributed by atoms with Crippen LogP contribution >= 0.6 is 27.5 Å². The van der Waals surface area contributed by atoms with Gasteiger partial charge in [-0.05, 0) is 51.8 Å². The Morgan fingerprint density at radius 2 is 2.10 bits per heavy atom. The largest absolute Gasteiger partial charge is 0.465 e. The van der Waals surface area contributed by atoms with Crippen molar-refractivity contribution in [2.75, 3.05) is 12.4 Å². The van der Waals surface area contributed by atoms with Crippen molar-refractivity contribution in [2.24, 2.45) is 0 Å². The van der Waals surface area contributed by atoms with Crippen molar-refractivity contribution in [1.29, 1.82) is 0 Å². The maximum atomic E-state index is 13.5. The molecule has 0 aliphatic heterocycles.